The van der Waals surface area contributed by atoms with Gasteiger partial charge in [0.15, 0.2) is 0 Å². The van der Waals surface area contributed by atoms with Crippen molar-refractivity contribution < 1.29 is 0 Å². The molecule has 3 heterocycles. The van der Waals surface area contributed by atoms with E-state index < -0.39 is 0 Å². The molecule has 44 heavy (non-hydrogen) atoms. The third-order valence-corrected chi connectivity index (χ3v) is 11.1. The van der Waals surface area contributed by atoms with E-state index in [1.807, 2.05) is 11.3 Å². The van der Waals surface area contributed by atoms with Crippen LogP contribution in [0.1, 0.15) is 25.0 Å². The van der Waals surface area contributed by atoms with Gasteiger partial charge in [0.2, 0.25) is 0 Å². The number of rotatable bonds is 2. The Morgan fingerprint density at radius 2 is 1.36 bits per heavy atom. The van der Waals surface area contributed by atoms with E-state index in [9.17, 15) is 0 Å². The number of nitrogens with zero attached hydrogens (tertiary/aromatic N) is 1. The summed E-state index contributed by atoms with van der Waals surface area (Å²) in [5.41, 5.74) is 12.7. The van der Waals surface area contributed by atoms with Crippen molar-refractivity contribution in [1.29, 1.82) is 0 Å². The van der Waals surface area contributed by atoms with E-state index in [4.69, 9.17) is 0 Å². The Bertz CT molecular complexity index is 2630. The molecule has 0 bridgehead atoms. The fourth-order valence-electron chi connectivity index (χ4n) is 7.99. The highest BCUT2D eigenvalue weighted by atomic mass is 32.1. The smallest absolute Gasteiger partial charge is 0.0638 e. The Kier molecular flexibility index (Phi) is 4.70. The summed E-state index contributed by atoms with van der Waals surface area (Å²) in [5, 5.41) is 6.55. The maximum atomic E-state index is 3.78. The van der Waals surface area contributed by atoms with E-state index in [-0.39, 0.29) is 5.41 Å². The lowest BCUT2D eigenvalue weighted by Crippen LogP contribution is -2.14. The van der Waals surface area contributed by atoms with Crippen LogP contribution in [0.4, 0.5) is 0 Å². The molecular weight excluding hydrogens is 553 g/mol. The molecule has 0 saturated heterocycles. The second kappa shape index (κ2) is 8.49. The minimum Gasteiger partial charge on any atom is -0.354 e. The molecule has 0 unspecified atom stereocenters. The van der Waals surface area contributed by atoms with Gasteiger partial charge in [-0.05, 0) is 58.7 Å². The van der Waals surface area contributed by atoms with Crippen LogP contribution in [0.15, 0.2) is 127 Å². The topological polar surface area (TPSA) is 20.7 Å². The number of aromatic amines is 1. The molecule has 208 valence electrons. The summed E-state index contributed by atoms with van der Waals surface area (Å²) in [6, 6.07) is 47.0. The van der Waals surface area contributed by atoms with Gasteiger partial charge in [0.1, 0.15) is 0 Å². The van der Waals surface area contributed by atoms with E-state index in [1.165, 1.54) is 92.1 Å². The standard InChI is InChI=1S/C41H28N2S/c1-41(2)32-17-8-6-14-29(32)39-37(41)30-20-22-34-36(38(30)43(39)25-11-4-3-5-12-25)31-23-24(19-21-33(31)42-34)26-15-10-16-28-27-13-7-9-18-35(27)44-40(26)28/h3-23,42H,1-2H3. The average molecular weight is 581 g/mol. The van der Waals surface area contributed by atoms with E-state index in [0.717, 1.165) is 0 Å². The second-order valence-electron chi connectivity index (χ2n) is 12.6. The van der Waals surface area contributed by atoms with Gasteiger partial charge in [0, 0.05) is 64.0 Å². The third kappa shape index (κ3) is 3.04. The van der Waals surface area contributed by atoms with Gasteiger partial charge in [0.25, 0.3) is 0 Å². The molecule has 1 aliphatic rings. The van der Waals surface area contributed by atoms with Crippen LogP contribution in [0, 0.1) is 0 Å². The van der Waals surface area contributed by atoms with E-state index in [0.29, 0.717) is 0 Å². The fourth-order valence-corrected chi connectivity index (χ4v) is 9.23. The predicted octanol–water partition coefficient (Wildman–Crippen LogP) is 11.6. The molecule has 0 spiro atoms. The molecule has 0 fully saturated rings. The van der Waals surface area contributed by atoms with Crippen LogP contribution >= 0.6 is 11.3 Å². The van der Waals surface area contributed by atoms with E-state index in [1.54, 1.807) is 0 Å². The lowest BCUT2D eigenvalue weighted by Gasteiger charge is -2.21. The Morgan fingerprint density at radius 1 is 0.614 bits per heavy atom. The Labute approximate surface area is 258 Å². The monoisotopic (exact) mass is 580 g/mol. The highest BCUT2D eigenvalue weighted by Crippen LogP contribution is 2.55. The van der Waals surface area contributed by atoms with Gasteiger partial charge in [-0.1, -0.05) is 105 Å². The number of fused-ring (bicyclic) bond motifs is 12. The van der Waals surface area contributed by atoms with Crippen molar-refractivity contribution in [2.45, 2.75) is 19.3 Å². The first-order chi connectivity index (χ1) is 21.6. The zero-order valence-electron chi connectivity index (χ0n) is 24.5. The van der Waals surface area contributed by atoms with Crippen molar-refractivity contribution in [3.8, 4) is 28.1 Å². The number of hydrogen-bond donors (Lipinski definition) is 1. The minimum absolute atomic E-state index is 0.105. The number of para-hydroxylation sites is 1. The number of thiophene rings is 1. The van der Waals surface area contributed by atoms with Crippen LogP contribution < -0.4 is 0 Å². The molecule has 0 aliphatic heterocycles. The van der Waals surface area contributed by atoms with Crippen molar-refractivity contribution >= 4 is 64.2 Å². The summed E-state index contributed by atoms with van der Waals surface area (Å²) in [6.45, 7) is 4.77. The summed E-state index contributed by atoms with van der Waals surface area (Å²) < 4.78 is 5.22. The molecule has 6 aromatic carbocycles. The maximum absolute atomic E-state index is 3.78. The first kappa shape index (κ1) is 24.3. The predicted molar refractivity (Wildman–Crippen MR) is 189 cm³/mol. The van der Waals surface area contributed by atoms with Crippen molar-refractivity contribution in [3.05, 3.63) is 139 Å². The molecule has 2 nitrogen and oxygen atoms in total. The summed E-state index contributed by atoms with van der Waals surface area (Å²) in [4.78, 5) is 3.78. The minimum atomic E-state index is -0.105. The van der Waals surface area contributed by atoms with Gasteiger partial charge in [-0.25, -0.2) is 0 Å². The van der Waals surface area contributed by atoms with Gasteiger partial charge >= 0.3 is 0 Å². The first-order valence-corrected chi connectivity index (χ1v) is 16.1. The highest BCUT2D eigenvalue weighted by molar-refractivity contribution is 7.26. The van der Waals surface area contributed by atoms with Crippen LogP contribution in [0.5, 0.6) is 0 Å². The molecule has 0 amide bonds. The third-order valence-electron chi connectivity index (χ3n) is 9.90. The fraction of sp³-hybridized carbons (Fsp3) is 0.0732. The van der Waals surface area contributed by atoms with E-state index in [2.05, 4.69) is 151 Å². The molecule has 9 aromatic rings. The Balaban J connectivity index is 1.34. The number of nitrogens with one attached hydrogen (secondary N) is 1. The largest absolute Gasteiger partial charge is 0.354 e. The summed E-state index contributed by atoms with van der Waals surface area (Å²) >= 11 is 1.89. The zero-order valence-corrected chi connectivity index (χ0v) is 25.3. The lowest BCUT2D eigenvalue weighted by atomic mass is 9.81. The summed E-state index contributed by atoms with van der Waals surface area (Å²) in [6.07, 6.45) is 0. The van der Waals surface area contributed by atoms with Crippen LogP contribution in [-0.4, -0.2) is 9.55 Å². The van der Waals surface area contributed by atoms with Crippen LogP contribution in [0.25, 0.3) is 81.0 Å². The van der Waals surface area contributed by atoms with Crippen molar-refractivity contribution in [2.24, 2.45) is 0 Å². The van der Waals surface area contributed by atoms with E-state index >= 15 is 0 Å². The Hall–Kier alpha value is -5.12. The van der Waals surface area contributed by atoms with Gasteiger partial charge < -0.3 is 9.55 Å². The van der Waals surface area contributed by atoms with Crippen molar-refractivity contribution in [2.75, 3.05) is 0 Å². The quantitative estimate of drug-likeness (QED) is 0.210. The summed E-state index contributed by atoms with van der Waals surface area (Å²) in [5.74, 6) is 0. The van der Waals surface area contributed by atoms with Crippen molar-refractivity contribution in [3.63, 3.8) is 0 Å². The maximum Gasteiger partial charge on any atom is 0.0638 e. The molecule has 0 atom stereocenters. The van der Waals surface area contributed by atoms with Gasteiger partial charge in [-0.2, -0.15) is 0 Å². The molecule has 1 aliphatic carbocycles. The van der Waals surface area contributed by atoms with Crippen molar-refractivity contribution in [1.82, 2.24) is 9.55 Å². The molecule has 1 N–H and O–H groups in total. The van der Waals surface area contributed by atoms with Gasteiger partial charge in [-0.15, -0.1) is 11.3 Å². The zero-order chi connectivity index (χ0) is 29.2. The van der Waals surface area contributed by atoms with Crippen LogP contribution in [0.2, 0.25) is 0 Å². The molecule has 3 heteroatoms. The Morgan fingerprint density at radius 3 is 2.27 bits per heavy atom. The van der Waals surface area contributed by atoms with Gasteiger partial charge in [-0.3, -0.25) is 0 Å². The number of aromatic nitrogens is 2. The lowest BCUT2D eigenvalue weighted by molar-refractivity contribution is 0.666. The first-order valence-electron chi connectivity index (χ1n) is 15.3. The number of benzene rings is 6. The molecule has 0 radical (unpaired) electrons. The molecule has 0 saturated carbocycles. The van der Waals surface area contributed by atoms with Crippen LogP contribution in [-0.2, 0) is 5.41 Å². The normalized spacial score (nSPS) is 13.9. The molecule has 10 rings (SSSR count). The second-order valence-corrected chi connectivity index (χ2v) is 13.7. The summed E-state index contributed by atoms with van der Waals surface area (Å²) in [7, 11) is 0. The van der Waals surface area contributed by atoms with Gasteiger partial charge in [0.05, 0.1) is 11.2 Å². The molecule has 3 aromatic heterocycles. The molecular formula is C41H28N2S. The highest BCUT2D eigenvalue weighted by Gasteiger charge is 2.41. The average Bonchev–Trinajstić information content (AvgIpc) is 3.78. The number of H-pyrrole nitrogens is 1. The SMILES string of the molecule is CC1(C)c2ccccc2-c2c1c1ccc3[nH]c4ccc(-c5cccc6c5sc5ccccc56)cc4c3c1n2-c1ccccc1. The number of hydrogen-bond acceptors (Lipinski definition) is 1. The van der Waals surface area contributed by atoms with Crippen LogP contribution in [0.3, 0.4) is 0 Å².